The van der Waals surface area contributed by atoms with Gasteiger partial charge >= 0.3 is 0 Å². The maximum atomic E-state index is 4.72. The van der Waals surface area contributed by atoms with Gasteiger partial charge in [-0.25, -0.2) is 4.98 Å². The van der Waals surface area contributed by atoms with Crippen LogP contribution in [-0.4, -0.2) is 16.5 Å². The summed E-state index contributed by atoms with van der Waals surface area (Å²) in [6, 6.07) is 16.6. The number of aryl methyl sites for hydroxylation is 2. The number of benzene rings is 2. The van der Waals surface area contributed by atoms with E-state index in [0.29, 0.717) is 5.95 Å². The molecule has 0 aliphatic carbocycles. The lowest BCUT2D eigenvalue weighted by molar-refractivity contribution is 0.977. The molecule has 0 aliphatic rings. The quantitative estimate of drug-likeness (QED) is 0.688. The summed E-state index contributed by atoms with van der Waals surface area (Å²) in [6.07, 6.45) is 1.80. The average Bonchev–Trinajstić information content (AvgIpc) is 2.60. The fourth-order valence-electron chi connectivity index (χ4n) is 2.84. The molecule has 1 aromatic heterocycles. The van der Waals surface area contributed by atoms with Crippen LogP contribution in [0.5, 0.6) is 0 Å². The molecule has 0 bridgehead atoms. The molecular weight excluding hydrogens is 308 g/mol. The summed E-state index contributed by atoms with van der Waals surface area (Å²) in [7, 11) is 0. The van der Waals surface area contributed by atoms with Crippen molar-refractivity contribution in [1.82, 2.24) is 9.97 Å². The molecule has 0 spiro atoms. The van der Waals surface area contributed by atoms with Gasteiger partial charge in [0.25, 0.3) is 0 Å². The summed E-state index contributed by atoms with van der Waals surface area (Å²) in [5.74, 6) is 1.49. The molecule has 1 heterocycles. The third-order valence-corrected chi connectivity index (χ3v) is 4.40. The number of anilines is 4. The third kappa shape index (κ3) is 3.79. The minimum atomic E-state index is 0.609. The number of aromatic nitrogens is 2. The first-order chi connectivity index (χ1) is 12.1. The minimum absolute atomic E-state index is 0.609. The Labute approximate surface area is 149 Å². The Hall–Kier alpha value is -2.88. The number of hydrogen-bond donors (Lipinski definition) is 1. The molecule has 1 N–H and O–H groups in total. The summed E-state index contributed by atoms with van der Waals surface area (Å²) in [5, 5.41) is 3.35. The Morgan fingerprint density at radius 3 is 2.56 bits per heavy atom. The fraction of sp³-hybridized carbons (Fsp3) is 0.238. The maximum absolute atomic E-state index is 4.72. The highest BCUT2D eigenvalue weighted by molar-refractivity contribution is 5.64. The Morgan fingerprint density at radius 1 is 1.00 bits per heavy atom. The molecule has 3 rings (SSSR count). The first-order valence-corrected chi connectivity index (χ1v) is 8.59. The van der Waals surface area contributed by atoms with Crippen molar-refractivity contribution in [3.63, 3.8) is 0 Å². The molecule has 0 saturated carbocycles. The molecule has 0 unspecified atom stereocenters. The molecule has 25 heavy (non-hydrogen) atoms. The van der Waals surface area contributed by atoms with Crippen molar-refractivity contribution >= 4 is 23.1 Å². The summed E-state index contributed by atoms with van der Waals surface area (Å²) in [6.45, 7) is 9.28. The first-order valence-electron chi connectivity index (χ1n) is 8.59. The van der Waals surface area contributed by atoms with Crippen molar-refractivity contribution in [2.45, 2.75) is 27.7 Å². The highest BCUT2D eigenvalue weighted by Crippen LogP contribution is 2.26. The molecule has 0 amide bonds. The molecule has 128 valence electrons. The lowest BCUT2D eigenvalue weighted by Crippen LogP contribution is -2.18. The SMILES string of the molecule is CCN(c1cccc(C)c1)c1ccnc(Nc2cccc(C)c2C)n1. The Bertz CT molecular complexity index is 873. The maximum Gasteiger partial charge on any atom is 0.229 e. The minimum Gasteiger partial charge on any atom is -0.326 e. The van der Waals surface area contributed by atoms with Gasteiger partial charge in [-0.15, -0.1) is 0 Å². The highest BCUT2D eigenvalue weighted by Gasteiger charge is 2.11. The predicted octanol–water partition coefficient (Wildman–Crippen LogP) is 5.30. The zero-order chi connectivity index (χ0) is 17.8. The molecule has 0 fully saturated rings. The number of rotatable bonds is 5. The molecule has 2 aromatic carbocycles. The van der Waals surface area contributed by atoms with Crippen LogP contribution in [0.2, 0.25) is 0 Å². The van der Waals surface area contributed by atoms with Crippen molar-refractivity contribution in [3.8, 4) is 0 Å². The third-order valence-electron chi connectivity index (χ3n) is 4.40. The largest absolute Gasteiger partial charge is 0.326 e. The predicted molar refractivity (Wildman–Crippen MR) is 105 cm³/mol. The molecule has 0 atom stereocenters. The Morgan fingerprint density at radius 2 is 1.80 bits per heavy atom. The summed E-state index contributed by atoms with van der Waals surface area (Å²) in [4.78, 5) is 11.3. The van der Waals surface area contributed by atoms with Crippen molar-refractivity contribution in [2.24, 2.45) is 0 Å². The van der Waals surface area contributed by atoms with Crippen LogP contribution in [0, 0.1) is 20.8 Å². The van der Waals surface area contributed by atoms with E-state index in [1.165, 1.54) is 16.7 Å². The van der Waals surface area contributed by atoms with Crippen LogP contribution < -0.4 is 10.2 Å². The lowest BCUT2D eigenvalue weighted by Gasteiger charge is -2.23. The number of hydrogen-bond acceptors (Lipinski definition) is 4. The molecule has 0 radical (unpaired) electrons. The first kappa shape index (κ1) is 17.0. The normalized spacial score (nSPS) is 10.6. The van der Waals surface area contributed by atoms with Crippen molar-refractivity contribution < 1.29 is 0 Å². The van der Waals surface area contributed by atoms with Gasteiger partial charge in [0.1, 0.15) is 5.82 Å². The van der Waals surface area contributed by atoms with E-state index < -0.39 is 0 Å². The summed E-state index contributed by atoms with van der Waals surface area (Å²) in [5.41, 5.74) is 5.87. The molecule has 3 aromatic rings. The van der Waals surface area contributed by atoms with Crippen LogP contribution in [0.4, 0.5) is 23.1 Å². The van der Waals surface area contributed by atoms with E-state index >= 15 is 0 Å². The highest BCUT2D eigenvalue weighted by atomic mass is 15.2. The van der Waals surface area contributed by atoms with Crippen LogP contribution in [-0.2, 0) is 0 Å². The van der Waals surface area contributed by atoms with Gasteiger partial charge in [-0.3, -0.25) is 0 Å². The number of nitrogens with one attached hydrogen (secondary N) is 1. The standard InChI is InChI=1S/C21H24N4/c1-5-25(18-10-6-8-15(2)14-18)20-12-13-22-21(24-20)23-19-11-7-9-16(3)17(19)4/h6-14H,5H2,1-4H3,(H,22,23,24). The second kappa shape index (κ2) is 7.34. The van der Waals surface area contributed by atoms with Gasteiger partial charge in [0.2, 0.25) is 5.95 Å². The van der Waals surface area contributed by atoms with Gasteiger partial charge in [0, 0.05) is 24.1 Å². The van der Waals surface area contributed by atoms with Gasteiger partial charge < -0.3 is 10.2 Å². The second-order valence-corrected chi connectivity index (χ2v) is 6.19. The van der Waals surface area contributed by atoms with Crippen LogP contribution in [0.25, 0.3) is 0 Å². The Kier molecular flexibility index (Phi) is 4.98. The van der Waals surface area contributed by atoms with Crippen molar-refractivity contribution in [3.05, 3.63) is 71.4 Å². The van der Waals surface area contributed by atoms with Crippen LogP contribution in [0.1, 0.15) is 23.6 Å². The second-order valence-electron chi connectivity index (χ2n) is 6.19. The fourth-order valence-corrected chi connectivity index (χ4v) is 2.84. The van der Waals surface area contributed by atoms with Crippen LogP contribution in [0.15, 0.2) is 54.7 Å². The zero-order valence-electron chi connectivity index (χ0n) is 15.2. The van der Waals surface area contributed by atoms with Gasteiger partial charge in [-0.05, 0) is 68.7 Å². The lowest BCUT2D eigenvalue weighted by atomic mass is 10.1. The van der Waals surface area contributed by atoms with E-state index in [0.717, 1.165) is 23.7 Å². The molecular formula is C21H24N4. The van der Waals surface area contributed by atoms with Gasteiger partial charge in [-0.1, -0.05) is 24.3 Å². The van der Waals surface area contributed by atoms with Crippen LogP contribution >= 0.6 is 0 Å². The van der Waals surface area contributed by atoms with E-state index in [2.05, 4.69) is 79.3 Å². The topological polar surface area (TPSA) is 41.1 Å². The van der Waals surface area contributed by atoms with Gasteiger partial charge in [-0.2, -0.15) is 4.98 Å². The van der Waals surface area contributed by atoms with E-state index in [1.807, 2.05) is 12.1 Å². The molecule has 4 nitrogen and oxygen atoms in total. The summed E-state index contributed by atoms with van der Waals surface area (Å²) < 4.78 is 0. The average molecular weight is 332 g/mol. The van der Waals surface area contributed by atoms with E-state index in [1.54, 1.807) is 6.20 Å². The zero-order valence-corrected chi connectivity index (χ0v) is 15.2. The molecule has 4 heteroatoms. The van der Waals surface area contributed by atoms with E-state index in [4.69, 9.17) is 4.98 Å². The smallest absolute Gasteiger partial charge is 0.229 e. The van der Waals surface area contributed by atoms with Gasteiger partial charge in [0.15, 0.2) is 0 Å². The monoisotopic (exact) mass is 332 g/mol. The van der Waals surface area contributed by atoms with E-state index in [-0.39, 0.29) is 0 Å². The molecule has 0 saturated heterocycles. The van der Waals surface area contributed by atoms with Crippen molar-refractivity contribution in [1.29, 1.82) is 0 Å². The number of nitrogens with zero attached hydrogens (tertiary/aromatic N) is 3. The van der Waals surface area contributed by atoms with E-state index in [9.17, 15) is 0 Å². The summed E-state index contributed by atoms with van der Waals surface area (Å²) >= 11 is 0. The van der Waals surface area contributed by atoms with Crippen molar-refractivity contribution in [2.75, 3.05) is 16.8 Å². The Balaban J connectivity index is 1.91. The van der Waals surface area contributed by atoms with Crippen LogP contribution in [0.3, 0.4) is 0 Å². The molecule has 0 aliphatic heterocycles. The van der Waals surface area contributed by atoms with Gasteiger partial charge in [0.05, 0.1) is 0 Å².